The van der Waals surface area contributed by atoms with Gasteiger partial charge < -0.3 is 20.8 Å². The van der Waals surface area contributed by atoms with Crippen LogP contribution in [0.3, 0.4) is 0 Å². The summed E-state index contributed by atoms with van der Waals surface area (Å²) >= 11 is 1.54. The minimum absolute atomic E-state index is 0.125. The number of H-pyrrole nitrogens is 1. The van der Waals surface area contributed by atoms with E-state index in [4.69, 9.17) is 10.9 Å². The Balaban J connectivity index is 2.08. The molecule has 0 saturated carbocycles. The molecule has 0 radical (unpaired) electrons. The van der Waals surface area contributed by atoms with E-state index in [0.29, 0.717) is 31.5 Å². The van der Waals surface area contributed by atoms with Gasteiger partial charge in [0.25, 0.3) is 5.91 Å². The van der Waals surface area contributed by atoms with Gasteiger partial charge in [-0.05, 0) is 25.2 Å². The van der Waals surface area contributed by atoms with Gasteiger partial charge in [0, 0.05) is 25.4 Å². The van der Waals surface area contributed by atoms with E-state index in [0.717, 1.165) is 0 Å². The van der Waals surface area contributed by atoms with Crippen LogP contribution in [0.2, 0.25) is 0 Å². The first-order valence-corrected chi connectivity index (χ1v) is 7.76. The highest BCUT2D eigenvalue weighted by atomic mass is 32.2. The van der Waals surface area contributed by atoms with Crippen molar-refractivity contribution < 1.29 is 10.0 Å². The zero-order valence-corrected chi connectivity index (χ0v) is 12.5. The van der Waals surface area contributed by atoms with Crippen LogP contribution in [0.25, 0.3) is 0 Å². The molecule has 1 aromatic rings. The number of hydrogen-bond acceptors (Lipinski definition) is 5. The number of carbonyl (C=O) groups is 1. The molecule has 1 amide bonds. The molecule has 2 heterocycles. The highest BCUT2D eigenvalue weighted by Gasteiger charge is 2.39. The SMILES string of the molecule is CSC1(/C(N)=N/O)CCN(C(=O)c2ccc(=O)[nH]c2)CC1. The predicted molar refractivity (Wildman–Crippen MR) is 81.9 cm³/mol. The van der Waals surface area contributed by atoms with Crippen LogP contribution in [0.5, 0.6) is 0 Å². The molecule has 1 saturated heterocycles. The lowest BCUT2D eigenvalue weighted by molar-refractivity contribution is 0.0717. The zero-order valence-electron chi connectivity index (χ0n) is 11.7. The number of aromatic nitrogens is 1. The molecule has 1 aromatic heterocycles. The summed E-state index contributed by atoms with van der Waals surface area (Å²) in [5.74, 6) is 0.0756. The first kappa shape index (κ1) is 15.4. The van der Waals surface area contributed by atoms with Crippen LogP contribution in [-0.2, 0) is 0 Å². The number of amidine groups is 1. The number of nitrogens with zero attached hydrogens (tertiary/aromatic N) is 2. The van der Waals surface area contributed by atoms with Crippen molar-refractivity contribution in [3.63, 3.8) is 0 Å². The molecule has 1 aliphatic rings. The topological polar surface area (TPSA) is 112 Å². The Morgan fingerprint density at radius 1 is 1.48 bits per heavy atom. The first-order valence-electron chi connectivity index (χ1n) is 6.53. The molecule has 1 aliphatic heterocycles. The smallest absolute Gasteiger partial charge is 0.255 e. The van der Waals surface area contributed by atoms with Gasteiger partial charge in [-0.1, -0.05) is 5.16 Å². The third-order valence-corrected chi connectivity index (χ3v) is 5.25. The number of rotatable bonds is 3. The summed E-state index contributed by atoms with van der Waals surface area (Å²) < 4.78 is -0.420. The van der Waals surface area contributed by atoms with Crippen molar-refractivity contribution in [2.24, 2.45) is 10.9 Å². The van der Waals surface area contributed by atoms with Gasteiger partial charge in [-0.2, -0.15) is 11.8 Å². The molecule has 8 heteroatoms. The molecular formula is C13H18N4O3S. The lowest BCUT2D eigenvalue weighted by atomic mass is 9.94. The molecule has 4 N–H and O–H groups in total. The van der Waals surface area contributed by atoms with Crippen molar-refractivity contribution in [2.45, 2.75) is 17.6 Å². The summed E-state index contributed by atoms with van der Waals surface area (Å²) in [7, 11) is 0. The van der Waals surface area contributed by atoms with Gasteiger partial charge in [-0.3, -0.25) is 9.59 Å². The third-order valence-electron chi connectivity index (χ3n) is 3.85. The second kappa shape index (κ2) is 6.21. The second-order valence-corrected chi connectivity index (χ2v) is 6.11. The Morgan fingerprint density at radius 2 is 2.14 bits per heavy atom. The van der Waals surface area contributed by atoms with E-state index in [-0.39, 0.29) is 17.3 Å². The molecule has 0 atom stereocenters. The van der Waals surface area contributed by atoms with E-state index in [2.05, 4.69) is 10.1 Å². The lowest BCUT2D eigenvalue weighted by Gasteiger charge is -2.39. The lowest BCUT2D eigenvalue weighted by Crippen LogP contribution is -2.51. The molecule has 0 aromatic carbocycles. The van der Waals surface area contributed by atoms with Crippen LogP contribution in [0.4, 0.5) is 0 Å². The third kappa shape index (κ3) is 3.05. The maximum atomic E-state index is 12.3. The van der Waals surface area contributed by atoms with Crippen LogP contribution >= 0.6 is 11.8 Å². The summed E-state index contributed by atoms with van der Waals surface area (Å²) in [6.07, 6.45) is 4.58. The standard InChI is InChI=1S/C13H18N4O3S/c1-21-13(12(14)16-20)4-6-17(7-5-13)11(19)9-2-3-10(18)15-8-9/h2-3,8,20H,4-7H2,1H3,(H2,14,16)(H,15,18). The van der Waals surface area contributed by atoms with Crippen LogP contribution < -0.4 is 11.3 Å². The number of hydrogen-bond donors (Lipinski definition) is 3. The summed E-state index contributed by atoms with van der Waals surface area (Å²) in [6, 6.07) is 2.85. The van der Waals surface area contributed by atoms with E-state index in [1.165, 1.54) is 30.1 Å². The number of carbonyl (C=O) groups excluding carboxylic acids is 1. The predicted octanol–water partition coefficient (Wildman–Crippen LogP) is 0.459. The molecule has 0 aliphatic carbocycles. The molecule has 0 unspecified atom stereocenters. The molecule has 0 spiro atoms. The molecule has 114 valence electrons. The zero-order chi connectivity index (χ0) is 15.5. The molecule has 7 nitrogen and oxygen atoms in total. The maximum Gasteiger partial charge on any atom is 0.255 e. The van der Waals surface area contributed by atoms with Crippen LogP contribution in [0.1, 0.15) is 23.2 Å². The number of likely N-dealkylation sites (tertiary alicyclic amines) is 1. The minimum atomic E-state index is -0.420. The van der Waals surface area contributed by atoms with Crippen molar-refractivity contribution in [3.05, 3.63) is 34.2 Å². The van der Waals surface area contributed by atoms with Crippen molar-refractivity contribution in [3.8, 4) is 0 Å². The maximum absolute atomic E-state index is 12.3. The van der Waals surface area contributed by atoms with Gasteiger partial charge in [0.15, 0.2) is 5.84 Å². The van der Waals surface area contributed by atoms with Gasteiger partial charge in [0.05, 0.1) is 10.3 Å². The Kier molecular flexibility index (Phi) is 4.56. The van der Waals surface area contributed by atoms with Gasteiger partial charge in [0.1, 0.15) is 0 Å². The van der Waals surface area contributed by atoms with Gasteiger partial charge in [-0.25, -0.2) is 0 Å². The number of aromatic amines is 1. The van der Waals surface area contributed by atoms with Gasteiger partial charge >= 0.3 is 0 Å². The van der Waals surface area contributed by atoms with Crippen molar-refractivity contribution in [2.75, 3.05) is 19.3 Å². The Morgan fingerprint density at radius 3 is 2.62 bits per heavy atom. The van der Waals surface area contributed by atoms with Crippen molar-refractivity contribution in [1.29, 1.82) is 0 Å². The van der Waals surface area contributed by atoms with Crippen LogP contribution in [0, 0.1) is 0 Å². The van der Waals surface area contributed by atoms with Crippen LogP contribution in [-0.4, -0.2) is 50.9 Å². The average molecular weight is 310 g/mol. The Bertz CT molecular complexity index is 585. The highest BCUT2D eigenvalue weighted by molar-refractivity contribution is 8.00. The monoisotopic (exact) mass is 310 g/mol. The fraction of sp³-hybridized carbons (Fsp3) is 0.462. The number of piperidine rings is 1. The second-order valence-electron chi connectivity index (χ2n) is 4.92. The fourth-order valence-electron chi connectivity index (χ4n) is 2.45. The highest BCUT2D eigenvalue weighted by Crippen LogP contribution is 2.35. The molecule has 21 heavy (non-hydrogen) atoms. The summed E-state index contributed by atoms with van der Waals surface area (Å²) in [5, 5.41) is 12.0. The number of pyridine rings is 1. The van der Waals surface area contributed by atoms with Gasteiger partial charge in [0.2, 0.25) is 5.56 Å². The number of amides is 1. The number of oxime groups is 1. The Hall–Kier alpha value is -1.96. The van der Waals surface area contributed by atoms with E-state index in [1.807, 2.05) is 6.26 Å². The summed E-state index contributed by atoms with van der Waals surface area (Å²) in [4.78, 5) is 27.6. The van der Waals surface area contributed by atoms with Crippen molar-refractivity contribution >= 4 is 23.5 Å². The largest absolute Gasteiger partial charge is 0.409 e. The van der Waals surface area contributed by atoms with E-state index >= 15 is 0 Å². The van der Waals surface area contributed by atoms with E-state index in [1.54, 1.807) is 4.90 Å². The van der Waals surface area contributed by atoms with E-state index < -0.39 is 4.75 Å². The summed E-state index contributed by atoms with van der Waals surface area (Å²) in [6.45, 7) is 1.05. The van der Waals surface area contributed by atoms with Gasteiger partial charge in [-0.15, -0.1) is 0 Å². The normalized spacial score (nSPS) is 18.5. The molecule has 0 bridgehead atoms. The van der Waals surface area contributed by atoms with Crippen molar-refractivity contribution in [1.82, 2.24) is 9.88 Å². The Labute approximate surface area is 126 Å². The minimum Gasteiger partial charge on any atom is -0.409 e. The first-order chi connectivity index (χ1) is 10.0. The molecule has 2 rings (SSSR count). The van der Waals surface area contributed by atoms with Crippen LogP contribution in [0.15, 0.2) is 28.3 Å². The quantitative estimate of drug-likeness (QED) is 0.325. The van der Waals surface area contributed by atoms with E-state index in [9.17, 15) is 9.59 Å². The molecular weight excluding hydrogens is 292 g/mol. The number of nitrogens with one attached hydrogen (secondary N) is 1. The number of nitrogens with two attached hydrogens (primary N) is 1. The fourth-order valence-corrected chi connectivity index (χ4v) is 3.29. The number of thioether (sulfide) groups is 1. The summed E-state index contributed by atoms with van der Waals surface area (Å²) in [5.41, 5.74) is 5.99. The molecule has 1 fully saturated rings. The average Bonchev–Trinajstić information content (AvgIpc) is 2.54.